The third-order valence-electron chi connectivity index (χ3n) is 4.56. The van der Waals surface area contributed by atoms with Gasteiger partial charge in [0.2, 0.25) is 5.91 Å². The lowest BCUT2D eigenvalue weighted by Crippen LogP contribution is -2.35. The van der Waals surface area contributed by atoms with Crippen LogP contribution >= 0.6 is 0 Å². The summed E-state index contributed by atoms with van der Waals surface area (Å²) < 4.78 is 0. The number of amides is 1. The maximum atomic E-state index is 12.4. The van der Waals surface area contributed by atoms with Crippen LogP contribution in [0, 0.1) is 11.8 Å². The zero-order valence-corrected chi connectivity index (χ0v) is 12.7. The van der Waals surface area contributed by atoms with E-state index in [1.807, 2.05) is 31.2 Å². The standard InChI is InChI=1S/C17H23N3O/c1-11-7-9-13(10-8-11)17(21)18-12(2)16-19-14-5-3-4-6-15(14)20-16/h3-6,11-13H,7-10H2,1-2H3,(H,18,21)(H,19,20). The molecular formula is C17H23N3O. The third-order valence-corrected chi connectivity index (χ3v) is 4.56. The summed E-state index contributed by atoms with van der Waals surface area (Å²) in [6.07, 6.45) is 4.36. The number of H-pyrrole nitrogens is 1. The van der Waals surface area contributed by atoms with Gasteiger partial charge in [0.1, 0.15) is 5.82 Å². The second kappa shape index (κ2) is 5.88. The molecule has 112 valence electrons. The van der Waals surface area contributed by atoms with Gasteiger partial charge < -0.3 is 10.3 Å². The highest BCUT2D eigenvalue weighted by Gasteiger charge is 2.25. The SMILES string of the molecule is CC1CCC(C(=O)NC(C)c2nc3ccccc3[nH]2)CC1. The van der Waals surface area contributed by atoms with E-state index in [0.29, 0.717) is 0 Å². The number of para-hydroxylation sites is 2. The predicted octanol–water partition coefficient (Wildman–Crippen LogP) is 3.57. The molecule has 1 aromatic carbocycles. The maximum absolute atomic E-state index is 12.4. The molecule has 3 rings (SSSR count). The summed E-state index contributed by atoms with van der Waals surface area (Å²) in [6.45, 7) is 4.26. The Morgan fingerprint density at radius 3 is 2.71 bits per heavy atom. The topological polar surface area (TPSA) is 57.8 Å². The molecule has 21 heavy (non-hydrogen) atoms. The number of hydrogen-bond donors (Lipinski definition) is 2. The first kappa shape index (κ1) is 14.1. The predicted molar refractivity (Wildman–Crippen MR) is 83.8 cm³/mol. The van der Waals surface area contributed by atoms with E-state index < -0.39 is 0 Å². The first-order valence-electron chi connectivity index (χ1n) is 7.88. The van der Waals surface area contributed by atoms with Gasteiger partial charge in [-0.25, -0.2) is 4.98 Å². The fourth-order valence-corrected chi connectivity index (χ4v) is 3.10. The lowest BCUT2D eigenvalue weighted by atomic mass is 9.82. The molecule has 1 aromatic heterocycles. The number of rotatable bonds is 3. The molecular weight excluding hydrogens is 262 g/mol. The Balaban J connectivity index is 1.65. The smallest absolute Gasteiger partial charge is 0.223 e. The molecule has 0 spiro atoms. The van der Waals surface area contributed by atoms with Gasteiger partial charge in [-0.1, -0.05) is 19.1 Å². The van der Waals surface area contributed by atoms with Gasteiger partial charge in [-0.05, 0) is 50.7 Å². The number of carbonyl (C=O) groups is 1. The Kier molecular flexibility index (Phi) is 3.95. The van der Waals surface area contributed by atoms with Crippen molar-refractivity contribution < 1.29 is 4.79 Å². The Hall–Kier alpha value is -1.84. The van der Waals surface area contributed by atoms with Crippen LogP contribution in [0.5, 0.6) is 0 Å². The van der Waals surface area contributed by atoms with E-state index in [1.54, 1.807) is 0 Å². The second-order valence-electron chi connectivity index (χ2n) is 6.33. The van der Waals surface area contributed by atoms with E-state index in [4.69, 9.17) is 0 Å². The Labute approximate surface area is 125 Å². The van der Waals surface area contributed by atoms with Crippen molar-refractivity contribution in [3.63, 3.8) is 0 Å². The summed E-state index contributed by atoms with van der Waals surface area (Å²) in [7, 11) is 0. The van der Waals surface area contributed by atoms with Crippen LogP contribution in [-0.4, -0.2) is 15.9 Å². The number of carbonyl (C=O) groups excluding carboxylic acids is 1. The third kappa shape index (κ3) is 3.09. The number of aromatic amines is 1. The van der Waals surface area contributed by atoms with Crippen LogP contribution < -0.4 is 5.32 Å². The molecule has 1 amide bonds. The van der Waals surface area contributed by atoms with Crippen molar-refractivity contribution in [1.29, 1.82) is 0 Å². The van der Waals surface area contributed by atoms with Crippen LogP contribution in [0.2, 0.25) is 0 Å². The zero-order valence-electron chi connectivity index (χ0n) is 12.7. The fourth-order valence-electron chi connectivity index (χ4n) is 3.10. The molecule has 1 unspecified atom stereocenters. The maximum Gasteiger partial charge on any atom is 0.223 e. The van der Waals surface area contributed by atoms with Gasteiger partial charge in [0.05, 0.1) is 17.1 Å². The fraction of sp³-hybridized carbons (Fsp3) is 0.529. The van der Waals surface area contributed by atoms with E-state index in [-0.39, 0.29) is 17.9 Å². The van der Waals surface area contributed by atoms with E-state index >= 15 is 0 Å². The Morgan fingerprint density at radius 2 is 2.00 bits per heavy atom. The largest absolute Gasteiger partial charge is 0.346 e. The highest BCUT2D eigenvalue weighted by atomic mass is 16.1. The molecule has 0 bridgehead atoms. The average Bonchev–Trinajstić information content (AvgIpc) is 2.92. The molecule has 2 N–H and O–H groups in total. The number of nitrogens with zero attached hydrogens (tertiary/aromatic N) is 1. The molecule has 1 heterocycles. The lowest BCUT2D eigenvalue weighted by molar-refractivity contribution is -0.126. The highest BCUT2D eigenvalue weighted by molar-refractivity contribution is 5.79. The summed E-state index contributed by atoms with van der Waals surface area (Å²) in [5.74, 6) is 1.94. The summed E-state index contributed by atoms with van der Waals surface area (Å²) in [5, 5.41) is 3.11. The van der Waals surface area contributed by atoms with Gasteiger partial charge in [0.25, 0.3) is 0 Å². The zero-order chi connectivity index (χ0) is 14.8. The van der Waals surface area contributed by atoms with Crippen LogP contribution in [0.4, 0.5) is 0 Å². The summed E-state index contributed by atoms with van der Waals surface area (Å²) >= 11 is 0. The first-order valence-corrected chi connectivity index (χ1v) is 7.88. The summed E-state index contributed by atoms with van der Waals surface area (Å²) in [4.78, 5) is 20.2. The number of nitrogens with one attached hydrogen (secondary N) is 2. The van der Waals surface area contributed by atoms with E-state index in [1.165, 1.54) is 0 Å². The quantitative estimate of drug-likeness (QED) is 0.905. The van der Waals surface area contributed by atoms with Crippen LogP contribution in [0.25, 0.3) is 11.0 Å². The van der Waals surface area contributed by atoms with Gasteiger partial charge in [-0.15, -0.1) is 0 Å². The van der Waals surface area contributed by atoms with E-state index in [0.717, 1.165) is 48.5 Å². The van der Waals surface area contributed by atoms with Crippen molar-refractivity contribution >= 4 is 16.9 Å². The molecule has 1 saturated carbocycles. The number of hydrogen-bond acceptors (Lipinski definition) is 2. The summed E-state index contributed by atoms with van der Waals surface area (Å²) in [6, 6.07) is 7.86. The normalized spacial score (nSPS) is 23.9. The van der Waals surface area contributed by atoms with Gasteiger partial charge in [-0.3, -0.25) is 4.79 Å². The minimum atomic E-state index is -0.0794. The second-order valence-corrected chi connectivity index (χ2v) is 6.33. The molecule has 4 nitrogen and oxygen atoms in total. The van der Waals surface area contributed by atoms with Crippen LogP contribution in [0.3, 0.4) is 0 Å². The first-order chi connectivity index (χ1) is 10.1. The molecule has 0 aliphatic heterocycles. The van der Waals surface area contributed by atoms with Crippen molar-refractivity contribution in [1.82, 2.24) is 15.3 Å². The molecule has 2 aromatic rings. The number of aromatic nitrogens is 2. The highest BCUT2D eigenvalue weighted by Crippen LogP contribution is 2.28. The molecule has 1 fully saturated rings. The minimum Gasteiger partial charge on any atom is -0.346 e. The van der Waals surface area contributed by atoms with Gasteiger partial charge in [0.15, 0.2) is 0 Å². The van der Waals surface area contributed by atoms with E-state index in [9.17, 15) is 4.79 Å². The Morgan fingerprint density at radius 1 is 1.29 bits per heavy atom. The molecule has 1 aliphatic rings. The number of fused-ring (bicyclic) bond motifs is 1. The molecule has 1 aliphatic carbocycles. The van der Waals surface area contributed by atoms with Crippen molar-refractivity contribution in [2.24, 2.45) is 11.8 Å². The van der Waals surface area contributed by atoms with Crippen LogP contribution in [0.15, 0.2) is 24.3 Å². The average molecular weight is 285 g/mol. The van der Waals surface area contributed by atoms with E-state index in [2.05, 4.69) is 22.2 Å². The van der Waals surface area contributed by atoms with Crippen molar-refractivity contribution in [3.8, 4) is 0 Å². The van der Waals surface area contributed by atoms with Crippen molar-refractivity contribution in [2.45, 2.75) is 45.6 Å². The summed E-state index contributed by atoms with van der Waals surface area (Å²) in [5.41, 5.74) is 1.96. The minimum absolute atomic E-state index is 0.0794. The Bertz CT molecular complexity index is 593. The van der Waals surface area contributed by atoms with Crippen LogP contribution in [-0.2, 0) is 4.79 Å². The van der Waals surface area contributed by atoms with Crippen LogP contribution in [0.1, 0.15) is 51.4 Å². The number of benzene rings is 1. The van der Waals surface area contributed by atoms with Gasteiger partial charge in [0, 0.05) is 5.92 Å². The number of imidazole rings is 1. The van der Waals surface area contributed by atoms with Gasteiger partial charge >= 0.3 is 0 Å². The molecule has 4 heteroatoms. The van der Waals surface area contributed by atoms with Gasteiger partial charge in [-0.2, -0.15) is 0 Å². The molecule has 0 radical (unpaired) electrons. The molecule has 0 saturated heterocycles. The molecule has 1 atom stereocenters. The van der Waals surface area contributed by atoms with Crippen molar-refractivity contribution in [2.75, 3.05) is 0 Å². The monoisotopic (exact) mass is 285 g/mol. The lowest BCUT2D eigenvalue weighted by Gasteiger charge is -2.26. The van der Waals surface area contributed by atoms with Crippen molar-refractivity contribution in [3.05, 3.63) is 30.1 Å².